The van der Waals surface area contributed by atoms with Crippen LogP contribution in [0.3, 0.4) is 0 Å². The molecule has 0 aromatic carbocycles. The van der Waals surface area contributed by atoms with Crippen molar-refractivity contribution in [3.05, 3.63) is 0 Å². The maximum atomic E-state index is 6.29. The van der Waals surface area contributed by atoms with Crippen LogP contribution >= 0.6 is 0 Å². The van der Waals surface area contributed by atoms with Crippen LogP contribution in [-0.2, 0) is 4.74 Å². The van der Waals surface area contributed by atoms with Crippen molar-refractivity contribution in [3.63, 3.8) is 0 Å². The standard InChI is InChI=1S/C21H42N2O/c1-5-19(6-2)16-23-11-7-20(8-12-23)17-24-21-9-13-22(14-10-21)15-18(3)4/h18-21H,5-17H2,1-4H3. The lowest BCUT2D eigenvalue weighted by Gasteiger charge is -2.36. The van der Waals surface area contributed by atoms with E-state index in [-0.39, 0.29) is 0 Å². The van der Waals surface area contributed by atoms with E-state index in [9.17, 15) is 0 Å². The summed E-state index contributed by atoms with van der Waals surface area (Å²) in [6, 6.07) is 0. The molecule has 0 bridgehead atoms. The Balaban J connectivity index is 1.57. The molecule has 0 amide bonds. The molecule has 2 saturated heterocycles. The van der Waals surface area contributed by atoms with Crippen molar-refractivity contribution >= 4 is 0 Å². The maximum absolute atomic E-state index is 6.29. The van der Waals surface area contributed by atoms with Crippen molar-refractivity contribution in [2.24, 2.45) is 17.8 Å². The first-order chi connectivity index (χ1) is 11.6. The van der Waals surface area contributed by atoms with Gasteiger partial charge in [-0.2, -0.15) is 0 Å². The second kappa shape index (κ2) is 10.8. The molecule has 0 unspecified atom stereocenters. The Morgan fingerprint density at radius 2 is 1.38 bits per heavy atom. The lowest BCUT2D eigenvalue weighted by atomic mass is 9.95. The van der Waals surface area contributed by atoms with Gasteiger partial charge in [-0.1, -0.05) is 40.5 Å². The van der Waals surface area contributed by atoms with Crippen LogP contribution in [0.1, 0.15) is 66.2 Å². The molecule has 0 atom stereocenters. The molecule has 3 nitrogen and oxygen atoms in total. The first kappa shape index (κ1) is 20.2. The summed E-state index contributed by atoms with van der Waals surface area (Å²) in [5, 5.41) is 0. The molecule has 2 heterocycles. The largest absolute Gasteiger partial charge is 0.378 e. The average molecular weight is 339 g/mol. The minimum Gasteiger partial charge on any atom is -0.378 e. The Kier molecular flexibility index (Phi) is 9.07. The Morgan fingerprint density at radius 1 is 0.833 bits per heavy atom. The van der Waals surface area contributed by atoms with E-state index in [1.165, 1.54) is 77.8 Å². The van der Waals surface area contributed by atoms with Gasteiger partial charge in [-0.05, 0) is 56.5 Å². The summed E-state index contributed by atoms with van der Waals surface area (Å²) in [7, 11) is 0. The number of nitrogens with zero attached hydrogens (tertiary/aromatic N) is 2. The molecule has 2 fully saturated rings. The molecule has 24 heavy (non-hydrogen) atoms. The normalized spacial score (nSPS) is 22.8. The first-order valence-corrected chi connectivity index (χ1v) is 10.7. The molecule has 0 saturated carbocycles. The molecular formula is C21H42N2O. The zero-order chi connectivity index (χ0) is 17.4. The molecule has 3 heteroatoms. The second-order valence-electron chi connectivity index (χ2n) is 8.65. The average Bonchev–Trinajstić information content (AvgIpc) is 2.59. The highest BCUT2D eigenvalue weighted by Gasteiger charge is 2.24. The van der Waals surface area contributed by atoms with Gasteiger partial charge in [0.2, 0.25) is 0 Å². The van der Waals surface area contributed by atoms with Crippen molar-refractivity contribution in [3.8, 4) is 0 Å². The molecule has 0 radical (unpaired) electrons. The lowest BCUT2D eigenvalue weighted by Crippen LogP contribution is -2.40. The molecular weight excluding hydrogens is 296 g/mol. The highest BCUT2D eigenvalue weighted by molar-refractivity contribution is 4.77. The van der Waals surface area contributed by atoms with Crippen molar-refractivity contribution in [2.45, 2.75) is 72.3 Å². The highest BCUT2D eigenvalue weighted by Crippen LogP contribution is 2.22. The number of piperidine rings is 2. The molecule has 2 aliphatic rings. The maximum Gasteiger partial charge on any atom is 0.0599 e. The highest BCUT2D eigenvalue weighted by atomic mass is 16.5. The van der Waals surface area contributed by atoms with Gasteiger partial charge in [-0.25, -0.2) is 0 Å². The van der Waals surface area contributed by atoms with E-state index < -0.39 is 0 Å². The van der Waals surface area contributed by atoms with Gasteiger partial charge >= 0.3 is 0 Å². The van der Waals surface area contributed by atoms with Gasteiger partial charge in [-0.3, -0.25) is 0 Å². The predicted octanol–water partition coefficient (Wildman–Crippen LogP) is 4.27. The third-order valence-corrected chi connectivity index (χ3v) is 6.10. The van der Waals surface area contributed by atoms with Crippen LogP contribution in [0.25, 0.3) is 0 Å². The van der Waals surface area contributed by atoms with Gasteiger partial charge in [0.05, 0.1) is 6.10 Å². The third-order valence-electron chi connectivity index (χ3n) is 6.10. The molecule has 0 aliphatic carbocycles. The fraction of sp³-hybridized carbons (Fsp3) is 1.00. The second-order valence-corrected chi connectivity index (χ2v) is 8.65. The Bertz CT molecular complexity index is 314. The monoisotopic (exact) mass is 338 g/mol. The fourth-order valence-electron chi connectivity index (χ4n) is 4.29. The first-order valence-electron chi connectivity index (χ1n) is 10.7. The van der Waals surface area contributed by atoms with Crippen molar-refractivity contribution in [1.29, 1.82) is 0 Å². The Morgan fingerprint density at radius 3 is 1.92 bits per heavy atom. The van der Waals surface area contributed by atoms with Crippen molar-refractivity contribution < 1.29 is 4.74 Å². The van der Waals surface area contributed by atoms with Gasteiger partial charge in [0.1, 0.15) is 0 Å². The van der Waals surface area contributed by atoms with E-state index in [0.29, 0.717) is 6.10 Å². The molecule has 2 rings (SSSR count). The summed E-state index contributed by atoms with van der Waals surface area (Å²) < 4.78 is 6.29. The van der Waals surface area contributed by atoms with Gasteiger partial charge in [0, 0.05) is 32.8 Å². The van der Waals surface area contributed by atoms with E-state index in [1.807, 2.05) is 0 Å². The van der Waals surface area contributed by atoms with Crippen LogP contribution in [0.5, 0.6) is 0 Å². The molecule has 0 spiro atoms. The number of hydrogen-bond acceptors (Lipinski definition) is 3. The number of rotatable bonds is 9. The Labute approximate surface area is 151 Å². The third kappa shape index (κ3) is 7.01. The smallest absolute Gasteiger partial charge is 0.0599 e. The molecule has 0 N–H and O–H groups in total. The van der Waals surface area contributed by atoms with Gasteiger partial charge in [0.25, 0.3) is 0 Å². The van der Waals surface area contributed by atoms with Crippen LogP contribution in [0.4, 0.5) is 0 Å². The number of hydrogen-bond donors (Lipinski definition) is 0. The van der Waals surface area contributed by atoms with Gasteiger partial charge in [0.15, 0.2) is 0 Å². The molecule has 0 aromatic heterocycles. The summed E-state index contributed by atoms with van der Waals surface area (Å²) >= 11 is 0. The Hall–Kier alpha value is -0.120. The number of ether oxygens (including phenoxy) is 1. The van der Waals surface area contributed by atoms with Crippen LogP contribution in [0, 0.1) is 17.8 Å². The number of likely N-dealkylation sites (tertiary alicyclic amines) is 2. The lowest BCUT2D eigenvalue weighted by molar-refractivity contribution is -0.0212. The van der Waals surface area contributed by atoms with Gasteiger partial charge < -0.3 is 14.5 Å². The van der Waals surface area contributed by atoms with E-state index >= 15 is 0 Å². The molecule has 2 aliphatic heterocycles. The van der Waals surface area contributed by atoms with Crippen LogP contribution in [-0.4, -0.2) is 61.8 Å². The minimum atomic E-state index is 0.524. The van der Waals surface area contributed by atoms with Crippen molar-refractivity contribution in [2.75, 3.05) is 45.9 Å². The van der Waals surface area contributed by atoms with Crippen LogP contribution < -0.4 is 0 Å². The summed E-state index contributed by atoms with van der Waals surface area (Å²) in [5.74, 6) is 2.48. The van der Waals surface area contributed by atoms with E-state index in [4.69, 9.17) is 4.74 Å². The van der Waals surface area contributed by atoms with Crippen LogP contribution in [0.2, 0.25) is 0 Å². The van der Waals surface area contributed by atoms with Crippen LogP contribution in [0.15, 0.2) is 0 Å². The van der Waals surface area contributed by atoms with E-state index in [1.54, 1.807) is 0 Å². The molecule has 0 aromatic rings. The topological polar surface area (TPSA) is 15.7 Å². The minimum absolute atomic E-state index is 0.524. The fourth-order valence-corrected chi connectivity index (χ4v) is 4.29. The zero-order valence-corrected chi connectivity index (χ0v) is 16.8. The van der Waals surface area contributed by atoms with Crippen molar-refractivity contribution in [1.82, 2.24) is 9.80 Å². The summed E-state index contributed by atoms with van der Waals surface area (Å²) in [5.41, 5.74) is 0. The predicted molar refractivity (Wildman–Crippen MR) is 103 cm³/mol. The molecule has 142 valence electrons. The van der Waals surface area contributed by atoms with E-state index in [2.05, 4.69) is 37.5 Å². The van der Waals surface area contributed by atoms with E-state index in [0.717, 1.165) is 24.4 Å². The summed E-state index contributed by atoms with van der Waals surface area (Å²) in [6.07, 6.45) is 8.33. The SMILES string of the molecule is CCC(CC)CN1CCC(COC2CCN(CC(C)C)CC2)CC1. The van der Waals surface area contributed by atoms with Gasteiger partial charge in [-0.15, -0.1) is 0 Å². The summed E-state index contributed by atoms with van der Waals surface area (Å²) in [4.78, 5) is 5.31. The summed E-state index contributed by atoms with van der Waals surface area (Å²) in [6.45, 7) is 17.9. The zero-order valence-electron chi connectivity index (χ0n) is 16.8. The quantitative estimate of drug-likeness (QED) is 0.624.